The SMILES string of the molecule is CN(Cc1cc(C2=C/C(=C3\C(=O)Nc4cc(F)ccc43)OC2(C)C)cs1)C1CCS(=O)(=O)C1. The minimum atomic E-state index is -2.92. The molecule has 0 radical (unpaired) electrons. The topological polar surface area (TPSA) is 75.7 Å². The Hall–Kier alpha value is -2.49. The minimum absolute atomic E-state index is 0.0492. The lowest BCUT2D eigenvalue weighted by Crippen LogP contribution is -2.31. The molecule has 1 N–H and O–H groups in total. The van der Waals surface area contributed by atoms with Gasteiger partial charge in [-0.3, -0.25) is 9.69 Å². The van der Waals surface area contributed by atoms with Crippen LogP contribution in [0.25, 0.3) is 11.1 Å². The third-order valence-corrected chi connectivity index (χ3v) is 9.14. The van der Waals surface area contributed by atoms with Crippen LogP contribution >= 0.6 is 11.3 Å². The lowest BCUT2D eigenvalue weighted by molar-refractivity contribution is -0.111. The summed E-state index contributed by atoms with van der Waals surface area (Å²) in [7, 11) is -0.954. The van der Waals surface area contributed by atoms with E-state index in [-0.39, 0.29) is 23.5 Å². The lowest BCUT2D eigenvalue weighted by atomic mass is 9.94. The molecule has 0 bridgehead atoms. The van der Waals surface area contributed by atoms with Gasteiger partial charge in [-0.2, -0.15) is 0 Å². The third kappa shape index (κ3) is 4.13. The molecule has 9 heteroatoms. The Morgan fingerprint density at radius 2 is 2.09 bits per heavy atom. The molecule has 5 rings (SSSR count). The van der Waals surface area contributed by atoms with Gasteiger partial charge in [-0.05, 0) is 68.6 Å². The van der Waals surface area contributed by atoms with Gasteiger partial charge in [0.25, 0.3) is 5.91 Å². The zero-order chi connectivity index (χ0) is 23.5. The fourth-order valence-electron chi connectivity index (χ4n) is 4.71. The molecule has 1 atom stereocenters. The molecule has 3 aliphatic heterocycles. The second kappa shape index (κ2) is 7.78. The molecule has 1 saturated heterocycles. The zero-order valence-electron chi connectivity index (χ0n) is 18.6. The first kappa shape index (κ1) is 22.3. The Bertz CT molecular complexity index is 1320. The molecule has 4 heterocycles. The van der Waals surface area contributed by atoms with E-state index < -0.39 is 21.3 Å². The van der Waals surface area contributed by atoms with E-state index in [2.05, 4.69) is 21.7 Å². The summed E-state index contributed by atoms with van der Waals surface area (Å²) in [4.78, 5) is 15.9. The molecule has 6 nitrogen and oxygen atoms in total. The first-order valence-corrected chi connectivity index (χ1v) is 13.5. The van der Waals surface area contributed by atoms with E-state index in [0.29, 0.717) is 35.5 Å². The number of benzene rings is 1. The molecule has 0 saturated carbocycles. The number of nitrogens with zero attached hydrogens (tertiary/aromatic N) is 1. The summed E-state index contributed by atoms with van der Waals surface area (Å²) in [5.41, 5.74) is 2.81. The van der Waals surface area contributed by atoms with Gasteiger partial charge in [0.15, 0.2) is 9.84 Å². The van der Waals surface area contributed by atoms with Crippen LogP contribution in [-0.2, 0) is 25.9 Å². The van der Waals surface area contributed by atoms with Gasteiger partial charge in [0.2, 0.25) is 0 Å². The number of rotatable bonds is 4. The molecule has 33 heavy (non-hydrogen) atoms. The van der Waals surface area contributed by atoms with Crippen molar-refractivity contribution in [2.24, 2.45) is 0 Å². The van der Waals surface area contributed by atoms with Crippen molar-refractivity contribution in [3.63, 3.8) is 0 Å². The first-order chi connectivity index (χ1) is 15.5. The maximum atomic E-state index is 13.6. The van der Waals surface area contributed by atoms with Gasteiger partial charge < -0.3 is 10.1 Å². The van der Waals surface area contributed by atoms with Crippen LogP contribution in [0.2, 0.25) is 0 Å². The van der Waals surface area contributed by atoms with Crippen molar-refractivity contribution in [1.82, 2.24) is 4.90 Å². The normalized spacial score (nSPS) is 25.2. The van der Waals surface area contributed by atoms with E-state index in [4.69, 9.17) is 4.74 Å². The summed E-state index contributed by atoms with van der Waals surface area (Å²) in [6.45, 7) is 4.59. The predicted octanol–water partition coefficient (Wildman–Crippen LogP) is 4.06. The fraction of sp³-hybridized carbons (Fsp3) is 0.375. The van der Waals surface area contributed by atoms with Crippen LogP contribution in [0.5, 0.6) is 0 Å². The van der Waals surface area contributed by atoms with E-state index in [9.17, 15) is 17.6 Å². The number of thiophene rings is 1. The van der Waals surface area contributed by atoms with Gasteiger partial charge in [-0.25, -0.2) is 12.8 Å². The van der Waals surface area contributed by atoms with Crippen LogP contribution in [0.1, 0.15) is 36.3 Å². The van der Waals surface area contributed by atoms with Crippen molar-refractivity contribution < 1.29 is 22.3 Å². The van der Waals surface area contributed by atoms with E-state index in [1.165, 1.54) is 12.1 Å². The number of ether oxygens (including phenoxy) is 1. The smallest absolute Gasteiger partial charge is 0.260 e. The molecule has 0 spiro atoms. The van der Waals surface area contributed by atoms with E-state index in [1.54, 1.807) is 17.4 Å². The van der Waals surface area contributed by atoms with Crippen molar-refractivity contribution in [3.8, 4) is 0 Å². The highest BCUT2D eigenvalue weighted by atomic mass is 32.2. The van der Waals surface area contributed by atoms with Crippen LogP contribution < -0.4 is 5.32 Å². The molecule has 1 unspecified atom stereocenters. The average Bonchev–Trinajstić information content (AvgIpc) is 3.46. The van der Waals surface area contributed by atoms with Crippen molar-refractivity contribution in [1.29, 1.82) is 0 Å². The number of sulfone groups is 1. The highest BCUT2D eigenvalue weighted by Crippen LogP contribution is 2.45. The molecule has 1 fully saturated rings. The fourth-order valence-corrected chi connectivity index (χ4v) is 7.46. The van der Waals surface area contributed by atoms with Crippen molar-refractivity contribution >= 4 is 43.9 Å². The second-order valence-electron chi connectivity index (χ2n) is 9.33. The summed E-state index contributed by atoms with van der Waals surface area (Å²) in [5, 5.41) is 4.78. The summed E-state index contributed by atoms with van der Waals surface area (Å²) in [6.07, 6.45) is 2.57. The molecule has 3 aliphatic rings. The van der Waals surface area contributed by atoms with Gasteiger partial charge in [0.1, 0.15) is 17.2 Å². The number of nitrogens with one attached hydrogen (secondary N) is 1. The number of allylic oxidation sites excluding steroid dienone is 1. The number of hydrogen-bond donors (Lipinski definition) is 1. The molecule has 1 aromatic carbocycles. The number of halogens is 1. The molecule has 1 aromatic heterocycles. The summed E-state index contributed by atoms with van der Waals surface area (Å²) in [6, 6.07) is 6.39. The van der Waals surface area contributed by atoms with Crippen LogP contribution in [0.3, 0.4) is 0 Å². The van der Waals surface area contributed by atoms with Crippen LogP contribution in [-0.4, -0.2) is 49.4 Å². The van der Waals surface area contributed by atoms with Crippen LogP contribution in [0.4, 0.5) is 10.1 Å². The first-order valence-electron chi connectivity index (χ1n) is 10.8. The molecule has 174 valence electrons. The third-order valence-electron chi connectivity index (χ3n) is 6.46. The standard InChI is InChI=1S/C24H25FN2O4S2/c1-24(2)19(10-21(31-24)22-18-5-4-15(25)9-20(18)26-23(22)28)14-8-17(32-12-14)11-27(3)16-6-7-33(29,30)13-16/h4-5,8-10,12,16H,6-7,11,13H2,1-3H3,(H,26,28)/b22-21+. The van der Waals surface area contributed by atoms with Gasteiger partial charge >= 0.3 is 0 Å². The number of hydrogen-bond acceptors (Lipinski definition) is 6. The van der Waals surface area contributed by atoms with Gasteiger partial charge in [0, 0.05) is 28.6 Å². The Morgan fingerprint density at radius 3 is 2.82 bits per heavy atom. The van der Waals surface area contributed by atoms with Gasteiger partial charge in [-0.1, -0.05) is 0 Å². The summed E-state index contributed by atoms with van der Waals surface area (Å²) in [5.74, 6) is 0.238. The number of anilines is 1. The Labute approximate surface area is 196 Å². The maximum absolute atomic E-state index is 13.6. The maximum Gasteiger partial charge on any atom is 0.260 e. The number of carbonyl (C=O) groups excluding carboxylic acids is 1. The average molecular weight is 489 g/mol. The monoisotopic (exact) mass is 488 g/mol. The highest BCUT2D eigenvalue weighted by Gasteiger charge is 2.38. The van der Waals surface area contributed by atoms with E-state index in [1.807, 2.05) is 27.0 Å². The zero-order valence-corrected chi connectivity index (χ0v) is 20.3. The van der Waals surface area contributed by atoms with Crippen molar-refractivity contribution in [2.75, 3.05) is 23.9 Å². The second-order valence-corrected chi connectivity index (χ2v) is 12.6. The lowest BCUT2D eigenvalue weighted by Gasteiger charge is -2.23. The highest BCUT2D eigenvalue weighted by molar-refractivity contribution is 7.91. The van der Waals surface area contributed by atoms with Gasteiger partial charge in [0.05, 0.1) is 22.8 Å². The Kier molecular flexibility index (Phi) is 5.26. The summed E-state index contributed by atoms with van der Waals surface area (Å²) >= 11 is 1.62. The molecular formula is C24H25FN2O4S2. The van der Waals surface area contributed by atoms with E-state index in [0.717, 1.165) is 16.0 Å². The number of fused-ring (bicyclic) bond motifs is 1. The van der Waals surface area contributed by atoms with Crippen molar-refractivity contribution in [3.05, 3.63) is 63.3 Å². The Balaban J connectivity index is 1.42. The quantitative estimate of drug-likeness (QED) is 0.657. The van der Waals surface area contributed by atoms with Crippen LogP contribution in [0, 0.1) is 5.82 Å². The van der Waals surface area contributed by atoms with Gasteiger partial charge in [-0.15, -0.1) is 11.3 Å². The predicted molar refractivity (Wildman–Crippen MR) is 128 cm³/mol. The molecule has 1 amide bonds. The molecule has 2 aromatic rings. The Morgan fingerprint density at radius 1 is 1.30 bits per heavy atom. The number of carbonyl (C=O) groups is 1. The number of amides is 1. The molecule has 0 aliphatic carbocycles. The van der Waals surface area contributed by atoms with Crippen LogP contribution in [0.15, 0.2) is 41.5 Å². The largest absolute Gasteiger partial charge is 0.482 e. The van der Waals surface area contributed by atoms with E-state index >= 15 is 0 Å². The minimum Gasteiger partial charge on any atom is -0.482 e. The van der Waals surface area contributed by atoms with Crippen molar-refractivity contribution in [2.45, 2.75) is 38.5 Å². The summed E-state index contributed by atoms with van der Waals surface area (Å²) < 4.78 is 43.4. The molecular weight excluding hydrogens is 463 g/mol.